The van der Waals surface area contributed by atoms with Crippen LogP contribution in [0, 0.1) is 13.8 Å². The molecule has 1 aromatic rings. The topological polar surface area (TPSA) is 49.4 Å². The van der Waals surface area contributed by atoms with Crippen molar-refractivity contribution in [3.05, 3.63) is 34.9 Å². The molecule has 1 N–H and O–H groups in total. The molecule has 0 aliphatic carbocycles. The molecule has 0 unspecified atom stereocenters. The van der Waals surface area contributed by atoms with Gasteiger partial charge in [0.15, 0.2) is 0 Å². The van der Waals surface area contributed by atoms with E-state index in [4.69, 9.17) is 0 Å². The normalized spacial score (nSPS) is 17.2. The maximum Gasteiger partial charge on any atom is 0.224 e. The summed E-state index contributed by atoms with van der Waals surface area (Å²) in [6.45, 7) is 10.7. The largest absolute Gasteiger partial charge is 0.354 e. The number of rotatable bonds is 5. The van der Waals surface area contributed by atoms with E-state index in [0.29, 0.717) is 13.0 Å². The molecule has 1 amide bonds. The van der Waals surface area contributed by atoms with Crippen LogP contribution in [0.15, 0.2) is 18.2 Å². The van der Waals surface area contributed by atoms with Crippen LogP contribution in [0.1, 0.15) is 30.5 Å². The molecule has 128 valence electrons. The summed E-state index contributed by atoms with van der Waals surface area (Å²) in [5.41, 5.74) is 3.32. The van der Waals surface area contributed by atoms with Crippen molar-refractivity contribution in [1.82, 2.24) is 10.2 Å². The number of amides is 1. The molecule has 0 bridgehead atoms. The number of benzene rings is 1. The molecule has 1 aliphatic rings. The second-order valence-electron chi connectivity index (χ2n) is 7.03. The monoisotopic (exact) mass is 336 g/mol. The summed E-state index contributed by atoms with van der Waals surface area (Å²) in [6.07, 6.45) is 0.424. The van der Waals surface area contributed by atoms with Gasteiger partial charge in [-0.05, 0) is 38.8 Å². The van der Waals surface area contributed by atoms with Gasteiger partial charge in [0.25, 0.3) is 0 Å². The molecule has 0 saturated carbocycles. The minimum Gasteiger partial charge on any atom is -0.354 e. The molecule has 0 aromatic heterocycles. The van der Waals surface area contributed by atoms with Gasteiger partial charge in [-0.1, -0.05) is 23.8 Å². The molecule has 1 aromatic carbocycles. The van der Waals surface area contributed by atoms with Gasteiger partial charge in [-0.15, -0.1) is 0 Å². The third-order valence-corrected chi connectivity index (χ3v) is 5.88. The van der Waals surface area contributed by atoms with Crippen LogP contribution in [0.5, 0.6) is 0 Å². The van der Waals surface area contributed by atoms with Gasteiger partial charge in [-0.3, -0.25) is 13.9 Å². The van der Waals surface area contributed by atoms with E-state index in [1.807, 2.05) is 13.8 Å². The summed E-state index contributed by atoms with van der Waals surface area (Å²) in [7, 11) is -0.669. The van der Waals surface area contributed by atoms with Crippen LogP contribution >= 0.6 is 0 Å². The first-order chi connectivity index (χ1) is 10.8. The Kier molecular flexibility index (Phi) is 5.98. The van der Waals surface area contributed by atoms with E-state index in [1.165, 1.54) is 5.56 Å². The van der Waals surface area contributed by atoms with Crippen LogP contribution in [0.4, 0.5) is 0 Å². The molecule has 23 heavy (non-hydrogen) atoms. The van der Waals surface area contributed by atoms with Crippen molar-refractivity contribution < 1.29 is 9.00 Å². The predicted octanol–water partition coefficient (Wildman–Crippen LogP) is 1.81. The molecule has 1 saturated heterocycles. The molecule has 1 heterocycles. The van der Waals surface area contributed by atoms with E-state index in [2.05, 4.69) is 42.3 Å². The smallest absolute Gasteiger partial charge is 0.224 e. The summed E-state index contributed by atoms with van der Waals surface area (Å²) in [5, 5.41) is 3.07. The number of hydrogen-bond donors (Lipinski definition) is 1. The van der Waals surface area contributed by atoms with Gasteiger partial charge in [0.1, 0.15) is 0 Å². The summed E-state index contributed by atoms with van der Waals surface area (Å²) in [5.74, 6) is 1.53. The lowest BCUT2D eigenvalue weighted by Crippen LogP contribution is -2.55. The zero-order valence-electron chi connectivity index (χ0n) is 14.6. The molecule has 0 spiro atoms. The number of carbonyl (C=O) groups excluding carboxylic acids is 1. The van der Waals surface area contributed by atoms with Crippen LogP contribution in [0.2, 0.25) is 0 Å². The third-order valence-electron chi connectivity index (χ3n) is 4.61. The number of hydrogen-bond acceptors (Lipinski definition) is 3. The first-order valence-electron chi connectivity index (χ1n) is 8.21. The minimum atomic E-state index is -0.669. The van der Waals surface area contributed by atoms with E-state index in [0.717, 1.165) is 35.7 Å². The second-order valence-corrected chi connectivity index (χ2v) is 8.73. The van der Waals surface area contributed by atoms with Crippen molar-refractivity contribution in [2.75, 3.05) is 31.1 Å². The SMILES string of the molecule is Cc1ccc(C)c(CC(=O)NCC(C)(C)N2CCS(=O)CC2)c1. The lowest BCUT2D eigenvalue weighted by atomic mass is 10.0. The highest BCUT2D eigenvalue weighted by molar-refractivity contribution is 7.85. The lowest BCUT2D eigenvalue weighted by Gasteiger charge is -2.40. The first-order valence-corrected chi connectivity index (χ1v) is 9.69. The Morgan fingerprint density at radius 3 is 2.57 bits per heavy atom. The molecular weight excluding hydrogens is 308 g/mol. The summed E-state index contributed by atoms with van der Waals surface area (Å²) in [6, 6.07) is 6.22. The fourth-order valence-electron chi connectivity index (χ4n) is 2.90. The second kappa shape index (κ2) is 7.58. The standard InChI is InChI=1S/C18H28N2O2S/c1-14-5-6-15(2)16(11-14)12-17(21)19-13-18(3,4)20-7-9-23(22)10-8-20/h5-6,11H,7-10,12-13H2,1-4H3,(H,19,21). The van der Waals surface area contributed by atoms with Crippen molar-refractivity contribution in [2.24, 2.45) is 0 Å². The van der Waals surface area contributed by atoms with E-state index in [-0.39, 0.29) is 11.4 Å². The van der Waals surface area contributed by atoms with E-state index in [9.17, 15) is 9.00 Å². The van der Waals surface area contributed by atoms with E-state index in [1.54, 1.807) is 0 Å². The third kappa shape index (κ3) is 5.15. The van der Waals surface area contributed by atoms with Gasteiger partial charge in [-0.2, -0.15) is 0 Å². The van der Waals surface area contributed by atoms with Gasteiger partial charge < -0.3 is 5.32 Å². The molecule has 1 fully saturated rings. The number of carbonyl (C=O) groups is 1. The van der Waals surface area contributed by atoms with Crippen LogP contribution in [0.25, 0.3) is 0 Å². The minimum absolute atomic E-state index is 0.0624. The Balaban J connectivity index is 1.88. The van der Waals surface area contributed by atoms with E-state index < -0.39 is 10.8 Å². The van der Waals surface area contributed by atoms with Crippen molar-refractivity contribution >= 4 is 16.7 Å². The molecular formula is C18H28N2O2S. The van der Waals surface area contributed by atoms with Gasteiger partial charge in [0.2, 0.25) is 5.91 Å². The molecule has 0 atom stereocenters. The van der Waals surface area contributed by atoms with Gasteiger partial charge in [0, 0.05) is 47.5 Å². The van der Waals surface area contributed by atoms with Crippen LogP contribution in [0.3, 0.4) is 0 Å². The van der Waals surface area contributed by atoms with Gasteiger partial charge in [-0.25, -0.2) is 0 Å². The Hall–Kier alpha value is -1.20. The highest BCUT2D eigenvalue weighted by Crippen LogP contribution is 2.16. The average Bonchev–Trinajstić information content (AvgIpc) is 2.49. The predicted molar refractivity (Wildman–Crippen MR) is 96.2 cm³/mol. The highest BCUT2D eigenvalue weighted by Gasteiger charge is 2.29. The summed E-state index contributed by atoms with van der Waals surface area (Å²) in [4.78, 5) is 14.6. The quantitative estimate of drug-likeness (QED) is 0.892. The molecule has 4 nitrogen and oxygen atoms in total. The van der Waals surface area contributed by atoms with Crippen molar-refractivity contribution in [2.45, 2.75) is 39.7 Å². The fourth-order valence-corrected chi connectivity index (χ4v) is 3.95. The summed E-state index contributed by atoms with van der Waals surface area (Å²) < 4.78 is 11.5. The molecule has 1 aliphatic heterocycles. The number of nitrogens with zero attached hydrogens (tertiary/aromatic N) is 1. The number of nitrogens with one attached hydrogen (secondary N) is 1. The van der Waals surface area contributed by atoms with E-state index >= 15 is 0 Å². The average molecular weight is 337 g/mol. The Morgan fingerprint density at radius 2 is 1.91 bits per heavy atom. The molecule has 2 rings (SSSR count). The van der Waals surface area contributed by atoms with Crippen LogP contribution in [-0.2, 0) is 22.0 Å². The van der Waals surface area contributed by atoms with Gasteiger partial charge >= 0.3 is 0 Å². The highest BCUT2D eigenvalue weighted by atomic mass is 32.2. The number of aryl methyl sites for hydroxylation is 2. The molecule has 5 heteroatoms. The Bertz CT molecular complexity index is 589. The zero-order chi connectivity index (χ0) is 17.0. The first kappa shape index (κ1) is 18.1. The Labute approximate surface area is 142 Å². The van der Waals surface area contributed by atoms with Crippen molar-refractivity contribution in [3.63, 3.8) is 0 Å². The van der Waals surface area contributed by atoms with Crippen LogP contribution < -0.4 is 5.32 Å². The van der Waals surface area contributed by atoms with Crippen LogP contribution in [-0.4, -0.2) is 51.7 Å². The fraction of sp³-hybridized carbons (Fsp3) is 0.611. The van der Waals surface area contributed by atoms with Gasteiger partial charge in [0.05, 0.1) is 6.42 Å². The summed E-state index contributed by atoms with van der Waals surface area (Å²) >= 11 is 0. The molecule has 0 radical (unpaired) electrons. The maximum absolute atomic E-state index is 12.3. The maximum atomic E-state index is 12.3. The lowest BCUT2D eigenvalue weighted by molar-refractivity contribution is -0.121. The Morgan fingerprint density at radius 1 is 1.26 bits per heavy atom. The van der Waals surface area contributed by atoms with Crippen molar-refractivity contribution in [1.29, 1.82) is 0 Å². The zero-order valence-corrected chi connectivity index (χ0v) is 15.5. The van der Waals surface area contributed by atoms with Crippen molar-refractivity contribution in [3.8, 4) is 0 Å².